The second-order valence-electron chi connectivity index (χ2n) is 3.93. The quantitative estimate of drug-likeness (QED) is 0.634. The first-order chi connectivity index (χ1) is 8.84. The molecule has 0 spiro atoms. The topological polar surface area (TPSA) is 44.5 Å². The monoisotopic (exact) mass is 257 g/mol. The Labute approximate surface area is 111 Å². The van der Waals surface area contributed by atoms with Gasteiger partial charge in [0.1, 0.15) is 6.26 Å². The van der Waals surface area contributed by atoms with Crippen molar-refractivity contribution in [1.82, 2.24) is 5.16 Å². The maximum Gasteiger partial charge on any atom is 0.124 e. The fourth-order valence-electron chi connectivity index (χ4n) is 1.52. The summed E-state index contributed by atoms with van der Waals surface area (Å²) in [5, 5.41) is 3.92. The summed E-state index contributed by atoms with van der Waals surface area (Å²) in [6.45, 7) is 8.52. The Morgan fingerprint density at radius 2 is 1.94 bits per heavy atom. The molecule has 1 aromatic heterocycles. The van der Waals surface area contributed by atoms with Gasteiger partial charge in [0.05, 0.1) is 5.69 Å². The van der Waals surface area contributed by atoms with Gasteiger partial charge >= 0.3 is 0 Å². The van der Waals surface area contributed by atoms with Gasteiger partial charge in [-0.3, -0.25) is 0 Å². The van der Waals surface area contributed by atoms with Crippen LogP contribution in [0.3, 0.4) is 0 Å². The maximum absolute atomic E-state index is 5.48. The zero-order valence-electron chi connectivity index (χ0n) is 12.1. The van der Waals surface area contributed by atoms with Crippen LogP contribution in [-0.2, 0) is 9.47 Å². The summed E-state index contributed by atoms with van der Waals surface area (Å²) in [4.78, 5) is 0. The van der Waals surface area contributed by atoms with Crippen molar-refractivity contribution in [2.24, 2.45) is 0 Å². The third kappa shape index (κ3) is 8.25. The first-order valence-corrected chi connectivity index (χ1v) is 6.81. The molecule has 1 unspecified atom stereocenters. The predicted molar refractivity (Wildman–Crippen MR) is 72.8 cm³/mol. The highest BCUT2D eigenvalue weighted by atomic mass is 16.5. The maximum atomic E-state index is 5.48. The SMILES string of the molecule is CC.COCCCOCCCC(C)c1ccon1. The van der Waals surface area contributed by atoms with Crippen LogP contribution in [0.2, 0.25) is 0 Å². The van der Waals surface area contributed by atoms with Crippen molar-refractivity contribution in [3.63, 3.8) is 0 Å². The van der Waals surface area contributed by atoms with Crippen LogP contribution >= 0.6 is 0 Å². The molecule has 0 fully saturated rings. The molecular formula is C14H27NO3. The van der Waals surface area contributed by atoms with E-state index in [1.165, 1.54) is 0 Å². The fourth-order valence-corrected chi connectivity index (χ4v) is 1.52. The lowest BCUT2D eigenvalue weighted by Gasteiger charge is -2.08. The van der Waals surface area contributed by atoms with Crippen LogP contribution in [0.5, 0.6) is 0 Å². The predicted octanol–water partition coefficient (Wildman–Crippen LogP) is 3.64. The molecule has 0 aliphatic heterocycles. The summed E-state index contributed by atoms with van der Waals surface area (Å²) in [7, 11) is 1.71. The molecular weight excluding hydrogens is 230 g/mol. The van der Waals surface area contributed by atoms with Crippen molar-refractivity contribution < 1.29 is 14.0 Å². The largest absolute Gasteiger partial charge is 0.385 e. The lowest BCUT2D eigenvalue weighted by molar-refractivity contribution is 0.0996. The normalized spacial score (nSPS) is 11.8. The summed E-state index contributed by atoms with van der Waals surface area (Å²) in [5.74, 6) is 0.446. The Kier molecular flexibility index (Phi) is 12.0. The summed E-state index contributed by atoms with van der Waals surface area (Å²) >= 11 is 0. The molecule has 0 radical (unpaired) electrons. The van der Waals surface area contributed by atoms with Gasteiger partial charge in [0.2, 0.25) is 0 Å². The van der Waals surface area contributed by atoms with Crippen LogP contribution in [0.15, 0.2) is 16.9 Å². The standard InChI is InChI=1S/C12H21NO3.C2H6/c1-11(12-6-10-16-13-12)5-3-8-15-9-4-7-14-2;1-2/h6,10-11H,3-5,7-9H2,1-2H3;1-2H3. The van der Waals surface area contributed by atoms with Crippen molar-refractivity contribution in [3.05, 3.63) is 18.0 Å². The van der Waals surface area contributed by atoms with E-state index in [1.54, 1.807) is 13.4 Å². The first-order valence-electron chi connectivity index (χ1n) is 6.81. The summed E-state index contributed by atoms with van der Waals surface area (Å²) < 4.78 is 15.2. The Bertz CT molecular complexity index is 250. The zero-order valence-corrected chi connectivity index (χ0v) is 12.1. The fraction of sp³-hybridized carbons (Fsp3) is 0.786. The van der Waals surface area contributed by atoms with E-state index in [2.05, 4.69) is 12.1 Å². The van der Waals surface area contributed by atoms with Crippen molar-refractivity contribution in [2.75, 3.05) is 26.9 Å². The highest BCUT2D eigenvalue weighted by Gasteiger charge is 2.07. The van der Waals surface area contributed by atoms with E-state index >= 15 is 0 Å². The van der Waals surface area contributed by atoms with Crippen LogP contribution in [0.25, 0.3) is 0 Å². The number of aromatic nitrogens is 1. The van der Waals surface area contributed by atoms with Gasteiger partial charge in [-0.05, 0) is 19.3 Å². The zero-order chi connectivity index (χ0) is 13.6. The minimum absolute atomic E-state index is 0.446. The second kappa shape index (κ2) is 12.6. The second-order valence-corrected chi connectivity index (χ2v) is 3.93. The third-order valence-electron chi connectivity index (χ3n) is 2.53. The van der Waals surface area contributed by atoms with Crippen molar-refractivity contribution >= 4 is 0 Å². The van der Waals surface area contributed by atoms with E-state index in [-0.39, 0.29) is 0 Å². The summed E-state index contributed by atoms with van der Waals surface area (Å²) in [6, 6.07) is 1.92. The molecule has 106 valence electrons. The van der Waals surface area contributed by atoms with E-state index in [9.17, 15) is 0 Å². The molecule has 0 saturated heterocycles. The molecule has 1 heterocycles. The minimum Gasteiger partial charge on any atom is -0.385 e. The molecule has 0 aromatic carbocycles. The molecule has 4 nitrogen and oxygen atoms in total. The number of rotatable bonds is 9. The number of hydrogen-bond donors (Lipinski definition) is 0. The molecule has 0 aliphatic carbocycles. The highest BCUT2D eigenvalue weighted by molar-refractivity contribution is 5.01. The van der Waals surface area contributed by atoms with Gasteiger partial charge in [-0.15, -0.1) is 0 Å². The molecule has 0 bridgehead atoms. The van der Waals surface area contributed by atoms with Gasteiger partial charge in [0.15, 0.2) is 0 Å². The Balaban J connectivity index is 0.00000137. The number of hydrogen-bond acceptors (Lipinski definition) is 4. The lowest BCUT2D eigenvalue weighted by atomic mass is 10.0. The molecule has 18 heavy (non-hydrogen) atoms. The molecule has 0 N–H and O–H groups in total. The van der Waals surface area contributed by atoms with Gasteiger partial charge in [0, 0.05) is 38.9 Å². The Morgan fingerprint density at radius 3 is 2.56 bits per heavy atom. The third-order valence-corrected chi connectivity index (χ3v) is 2.53. The van der Waals surface area contributed by atoms with E-state index in [0.717, 1.165) is 44.8 Å². The molecule has 0 amide bonds. The van der Waals surface area contributed by atoms with Crippen molar-refractivity contribution in [1.29, 1.82) is 0 Å². The molecule has 0 saturated carbocycles. The minimum atomic E-state index is 0.446. The van der Waals surface area contributed by atoms with Crippen LogP contribution < -0.4 is 0 Å². The molecule has 0 aliphatic rings. The van der Waals surface area contributed by atoms with E-state index in [1.807, 2.05) is 19.9 Å². The lowest BCUT2D eigenvalue weighted by Crippen LogP contribution is -2.02. The van der Waals surface area contributed by atoms with Crippen molar-refractivity contribution in [3.8, 4) is 0 Å². The van der Waals surface area contributed by atoms with Crippen molar-refractivity contribution in [2.45, 2.75) is 46.0 Å². The van der Waals surface area contributed by atoms with Gasteiger partial charge in [-0.1, -0.05) is 25.9 Å². The van der Waals surface area contributed by atoms with E-state index in [0.29, 0.717) is 5.92 Å². The van der Waals surface area contributed by atoms with Crippen LogP contribution in [0.1, 0.15) is 51.6 Å². The number of methoxy groups -OCH3 is 1. The number of nitrogens with zero attached hydrogens (tertiary/aromatic N) is 1. The highest BCUT2D eigenvalue weighted by Crippen LogP contribution is 2.18. The molecule has 1 atom stereocenters. The van der Waals surface area contributed by atoms with E-state index < -0.39 is 0 Å². The van der Waals surface area contributed by atoms with Crippen LogP contribution in [0, 0.1) is 0 Å². The van der Waals surface area contributed by atoms with Crippen LogP contribution in [0.4, 0.5) is 0 Å². The van der Waals surface area contributed by atoms with E-state index in [4.69, 9.17) is 14.0 Å². The molecule has 4 heteroatoms. The van der Waals surface area contributed by atoms with Gasteiger partial charge in [-0.2, -0.15) is 0 Å². The summed E-state index contributed by atoms with van der Waals surface area (Å²) in [5.41, 5.74) is 1.03. The summed E-state index contributed by atoms with van der Waals surface area (Å²) in [6.07, 6.45) is 4.72. The molecule has 1 rings (SSSR count). The van der Waals surface area contributed by atoms with Crippen LogP contribution in [-0.4, -0.2) is 32.1 Å². The smallest absolute Gasteiger partial charge is 0.124 e. The Hall–Kier alpha value is -0.870. The van der Waals surface area contributed by atoms with Gasteiger partial charge in [-0.25, -0.2) is 0 Å². The average Bonchev–Trinajstić information content (AvgIpc) is 2.94. The number of ether oxygens (including phenoxy) is 2. The first kappa shape index (κ1) is 17.1. The molecule has 1 aromatic rings. The Morgan fingerprint density at radius 1 is 1.22 bits per heavy atom. The van der Waals surface area contributed by atoms with Gasteiger partial charge in [0.25, 0.3) is 0 Å². The van der Waals surface area contributed by atoms with Gasteiger partial charge < -0.3 is 14.0 Å². The average molecular weight is 257 g/mol.